The van der Waals surface area contributed by atoms with Gasteiger partial charge in [0, 0.05) is 13.2 Å². The molecule has 1 fully saturated rings. The van der Waals surface area contributed by atoms with E-state index < -0.39 is 5.54 Å². The molecule has 0 aromatic heterocycles. The Morgan fingerprint density at radius 2 is 2.41 bits per heavy atom. The molecule has 0 amide bonds. The average molecular weight is 240 g/mol. The molecule has 2 atom stereocenters. The van der Waals surface area contributed by atoms with Gasteiger partial charge in [0.15, 0.2) is 0 Å². The fraction of sp³-hybridized carbons (Fsp3) is 0.923. The van der Waals surface area contributed by atoms with E-state index in [1.807, 2.05) is 6.92 Å². The van der Waals surface area contributed by atoms with E-state index >= 15 is 0 Å². The summed E-state index contributed by atoms with van der Waals surface area (Å²) < 4.78 is 10.9. The number of hydrogen-bond acceptors (Lipinski definition) is 4. The molecular weight excluding hydrogens is 216 g/mol. The Kier molecular flexibility index (Phi) is 6.49. The smallest absolute Gasteiger partial charge is 0.104 e. The molecule has 0 radical (unpaired) electrons. The number of nitrogens with one attached hydrogen (secondary N) is 1. The third-order valence-electron chi connectivity index (χ3n) is 3.07. The normalized spacial score (nSPS) is 23.2. The van der Waals surface area contributed by atoms with Crippen molar-refractivity contribution in [3.8, 4) is 6.07 Å². The quantitative estimate of drug-likeness (QED) is 0.658. The minimum Gasteiger partial charge on any atom is -0.379 e. The van der Waals surface area contributed by atoms with Crippen LogP contribution in [-0.4, -0.2) is 38.0 Å². The summed E-state index contributed by atoms with van der Waals surface area (Å²) in [6.45, 7) is 7.22. The maximum absolute atomic E-state index is 9.15. The van der Waals surface area contributed by atoms with Crippen LogP contribution in [0.1, 0.15) is 39.5 Å². The fourth-order valence-corrected chi connectivity index (χ4v) is 1.90. The van der Waals surface area contributed by atoms with E-state index in [2.05, 4.69) is 18.3 Å². The Morgan fingerprint density at radius 1 is 1.59 bits per heavy atom. The van der Waals surface area contributed by atoms with Crippen molar-refractivity contribution in [2.45, 2.75) is 51.2 Å². The Bertz CT molecular complexity index is 246. The zero-order valence-electron chi connectivity index (χ0n) is 11.0. The van der Waals surface area contributed by atoms with Gasteiger partial charge in [0.2, 0.25) is 0 Å². The maximum Gasteiger partial charge on any atom is 0.104 e. The summed E-state index contributed by atoms with van der Waals surface area (Å²) in [5.74, 6) is 0. The van der Waals surface area contributed by atoms with E-state index in [9.17, 15) is 0 Å². The van der Waals surface area contributed by atoms with Gasteiger partial charge < -0.3 is 9.47 Å². The highest BCUT2D eigenvalue weighted by Gasteiger charge is 2.22. The second kappa shape index (κ2) is 7.65. The average Bonchev–Trinajstić information content (AvgIpc) is 2.85. The minimum absolute atomic E-state index is 0.270. The Balaban J connectivity index is 2.12. The molecule has 0 saturated carbocycles. The van der Waals surface area contributed by atoms with Crippen LogP contribution in [0.3, 0.4) is 0 Å². The van der Waals surface area contributed by atoms with Gasteiger partial charge in [-0.3, -0.25) is 5.32 Å². The zero-order chi connectivity index (χ0) is 12.6. The largest absolute Gasteiger partial charge is 0.379 e. The minimum atomic E-state index is -0.411. The van der Waals surface area contributed by atoms with Gasteiger partial charge in [-0.05, 0) is 39.2 Å². The van der Waals surface area contributed by atoms with Crippen LogP contribution in [0.4, 0.5) is 0 Å². The molecule has 0 bridgehead atoms. The summed E-state index contributed by atoms with van der Waals surface area (Å²) in [6.07, 6.45) is 4.07. The van der Waals surface area contributed by atoms with Gasteiger partial charge in [0.05, 0.1) is 18.8 Å². The van der Waals surface area contributed by atoms with Gasteiger partial charge in [0.25, 0.3) is 0 Å². The molecule has 0 aliphatic carbocycles. The first-order valence-electron chi connectivity index (χ1n) is 6.56. The van der Waals surface area contributed by atoms with Crippen molar-refractivity contribution in [1.82, 2.24) is 5.32 Å². The first-order valence-corrected chi connectivity index (χ1v) is 6.56. The van der Waals surface area contributed by atoms with Gasteiger partial charge in [-0.1, -0.05) is 6.92 Å². The van der Waals surface area contributed by atoms with Gasteiger partial charge in [0.1, 0.15) is 5.54 Å². The first kappa shape index (κ1) is 14.4. The molecule has 17 heavy (non-hydrogen) atoms. The SMILES string of the molecule is CCCNC(C)(C#N)CCCOC1CCOC1. The fourth-order valence-electron chi connectivity index (χ4n) is 1.90. The highest BCUT2D eigenvalue weighted by Crippen LogP contribution is 2.13. The molecule has 1 aliphatic rings. The molecule has 1 rings (SSSR count). The van der Waals surface area contributed by atoms with Crippen molar-refractivity contribution in [3.05, 3.63) is 0 Å². The number of hydrogen-bond donors (Lipinski definition) is 1. The second-order valence-corrected chi connectivity index (χ2v) is 4.83. The molecule has 98 valence electrons. The molecule has 2 unspecified atom stereocenters. The third-order valence-corrected chi connectivity index (χ3v) is 3.07. The van der Waals surface area contributed by atoms with Crippen molar-refractivity contribution >= 4 is 0 Å². The molecule has 4 heteroatoms. The second-order valence-electron chi connectivity index (χ2n) is 4.83. The van der Waals surface area contributed by atoms with E-state index in [4.69, 9.17) is 14.7 Å². The monoisotopic (exact) mass is 240 g/mol. The van der Waals surface area contributed by atoms with E-state index in [0.717, 1.165) is 52.0 Å². The maximum atomic E-state index is 9.15. The Labute approximate surface area is 104 Å². The van der Waals surface area contributed by atoms with Crippen molar-refractivity contribution in [2.24, 2.45) is 0 Å². The van der Waals surface area contributed by atoms with Crippen LogP contribution in [-0.2, 0) is 9.47 Å². The summed E-state index contributed by atoms with van der Waals surface area (Å²) in [7, 11) is 0. The number of nitriles is 1. The number of nitrogens with zero attached hydrogens (tertiary/aromatic N) is 1. The van der Waals surface area contributed by atoms with Gasteiger partial charge in [-0.2, -0.15) is 5.26 Å². The van der Waals surface area contributed by atoms with Crippen molar-refractivity contribution in [3.63, 3.8) is 0 Å². The van der Waals surface area contributed by atoms with Crippen LogP contribution in [0.15, 0.2) is 0 Å². The predicted octanol–water partition coefficient (Wildman–Crippen LogP) is 1.85. The van der Waals surface area contributed by atoms with E-state index in [1.165, 1.54) is 0 Å². The van der Waals surface area contributed by atoms with Gasteiger partial charge in [-0.25, -0.2) is 0 Å². The molecule has 0 aromatic carbocycles. The van der Waals surface area contributed by atoms with Crippen LogP contribution in [0, 0.1) is 11.3 Å². The predicted molar refractivity (Wildman–Crippen MR) is 66.7 cm³/mol. The topological polar surface area (TPSA) is 54.3 Å². The lowest BCUT2D eigenvalue weighted by Gasteiger charge is -2.23. The van der Waals surface area contributed by atoms with E-state index in [0.29, 0.717) is 0 Å². The highest BCUT2D eigenvalue weighted by atomic mass is 16.5. The third kappa shape index (κ3) is 5.49. The number of ether oxygens (including phenoxy) is 2. The van der Waals surface area contributed by atoms with Crippen LogP contribution in [0.5, 0.6) is 0 Å². The van der Waals surface area contributed by atoms with Crippen molar-refractivity contribution < 1.29 is 9.47 Å². The highest BCUT2D eigenvalue weighted by molar-refractivity contribution is 5.03. The first-order chi connectivity index (χ1) is 8.20. The summed E-state index contributed by atoms with van der Waals surface area (Å²) in [5.41, 5.74) is -0.411. The molecule has 0 aromatic rings. The Morgan fingerprint density at radius 3 is 3.00 bits per heavy atom. The molecular formula is C13H24N2O2. The lowest BCUT2D eigenvalue weighted by molar-refractivity contribution is 0.0390. The molecule has 1 aliphatic heterocycles. The molecule has 4 nitrogen and oxygen atoms in total. The standard InChI is InChI=1S/C13H24N2O2/c1-3-7-15-13(2,11-14)6-4-8-17-12-5-9-16-10-12/h12,15H,3-10H2,1-2H3. The van der Waals surface area contributed by atoms with E-state index in [-0.39, 0.29) is 6.10 Å². The lowest BCUT2D eigenvalue weighted by Crippen LogP contribution is -2.41. The summed E-state index contributed by atoms with van der Waals surface area (Å²) >= 11 is 0. The van der Waals surface area contributed by atoms with Gasteiger partial charge >= 0.3 is 0 Å². The zero-order valence-corrected chi connectivity index (χ0v) is 11.0. The Hall–Kier alpha value is -0.630. The molecule has 0 spiro atoms. The van der Waals surface area contributed by atoms with Crippen LogP contribution < -0.4 is 5.32 Å². The molecule has 1 heterocycles. The van der Waals surface area contributed by atoms with Crippen LogP contribution in [0.25, 0.3) is 0 Å². The molecule has 1 saturated heterocycles. The van der Waals surface area contributed by atoms with Gasteiger partial charge in [-0.15, -0.1) is 0 Å². The summed E-state index contributed by atoms with van der Waals surface area (Å²) in [4.78, 5) is 0. The lowest BCUT2D eigenvalue weighted by atomic mass is 9.98. The summed E-state index contributed by atoms with van der Waals surface area (Å²) in [6, 6.07) is 2.35. The van der Waals surface area contributed by atoms with Crippen molar-refractivity contribution in [2.75, 3.05) is 26.4 Å². The molecule has 1 N–H and O–H groups in total. The summed E-state index contributed by atoms with van der Waals surface area (Å²) in [5, 5.41) is 12.4. The van der Waals surface area contributed by atoms with E-state index in [1.54, 1.807) is 0 Å². The van der Waals surface area contributed by atoms with Crippen molar-refractivity contribution in [1.29, 1.82) is 5.26 Å². The van der Waals surface area contributed by atoms with Crippen LogP contribution in [0.2, 0.25) is 0 Å². The van der Waals surface area contributed by atoms with Crippen LogP contribution >= 0.6 is 0 Å². The number of rotatable bonds is 8.